The molecule has 110 valence electrons. The highest BCUT2D eigenvalue weighted by molar-refractivity contribution is 7.88. The SMILES string of the molecule is CS(=O)(=O)N1CCCCC1C(=O)NCc1ccncc1. The number of aromatic nitrogens is 1. The molecule has 0 radical (unpaired) electrons. The molecule has 0 aromatic carbocycles. The van der Waals surface area contributed by atoms with Crippen LogP contribution in [0.4, 0.5) is 0 Å². The molecule has 2 rings (SSSR count). The topological polar surface area (TPSA) is 79.4 Å². The van der Waals surface area contributed by atoms with E-state index in [1.165, 1.54) is 4.31 Å². The maximum Gasteiger partial charge on any atom is 0.238 e. The average molecular weight is 297 g/mol. The van der Waals surface area contributed by atoms with E-state index in [9.17, 15) is 13.2 Å². The number of hydrogen-bond donors (Lipinski definition) is 1. The van der Waals surface area contributed by atoms with Crippen molar-refractivity contribution in [2.75, 3.05) is 12.8 Å². The summed E-state index contributed by atoms with van der Waals surface area (Å²) in [6, 6.07) is 3.05. The van der Waals surface area contributed by atoms with Gasteiger partial charge in [-0.2, -0.15) is 4.31 Å². The molecule has 0 saturated carbocycles. The van der Waals surface area contributed by atoms with Crippen molar-refractivity contribution in [2.24, 2.45) is 0 Å². The molecule has 2 heterocycles. The van der Waals surface area contributed by atoms with Gasteiger partial charge in [0.25, 0.3) is 0 Å². The summed E-state index contributed by atoms with van der Waals surface area (Å²) in [4.78, 5) is 16.1. The van der Waals surface area contributed by atoms with Crippen LogP contribution in [0, 0.1) is 0 Å². The zero-order valence-corrected chi connectivity index (χ0v) is 12.3. The highest BCUT2D eigenvalue weighted by Crippen LogP contribution is 2.20. The number of carbonyl (C=O) groups excluding carboxylic acids is 1. The molecule has 1 aliphatic rings. The lowest BCUT2D eigenvalue weighted by molar-refractivity contribution is -0.125. The number of carbonyl (C=O) groups is 1. The van der Waals surface area contributed by atoms with Crippen molar-refractivity contribution in [3.63, 3.8) is 0 Å². The molecule has 0 bridgehead atoms. The lowest BCUT2D eigenvalue weighted by Gasteiger charge is -2.32. The van der Waals surface area contributed by atoms with Crippen LogP contribution in [-0.4, -0.2) is 42.5 Å². The number of sulfonamides is 1. The molecule has 1 saturated heterocycles. The standard InChI is InChI=1S/C13H19N3O3S/c1-20(18,19)16-9-3-2-4-12(16)13(17)15-10-11-5-7-14-8-6-11/h5-8,12H,2-4,9-10H2,1H3,(H,15,17). The maximum absolute atomic E-state index is 12.2. The molecule has 20 heavy (non-hydrogen) atoms. The Bertz CT molecular complexity index is 559. The molecule has 0 spiro atoms. The third-order valence-corrected chi connectivity index (χ3v) is 4.69. The second kappa shape index (κ2) is 6.32. The van der Waals surface area contributed by atoms with Gasteiger partial charge < -0.3 is 5.32 Å². The van der Waals surface area contributed by atoms with Crippen molar-refractivity contribution in [1.29, 1.82) is 0 Å². The first-order valence-corrected chi connectivity index (χ1v) is 8.47. The van der Waals surface area contributed by atoms with Crippen LogP contribution in [0.3, 0.4) is 0 Å². The first-order valence-electron chi connectivity index (χ1n) is 6.62. The van der Waals surface area contributed by atoms with Gasteiger partial charge in [-0.25, -0.2) is 8.42 Å². The molecular weight excluding hydrogens is 278 g/mol. The molecular formula is C13H19N3O3S. The first-order chi connectivity index (χ1) is 9.48. The molecule has 1 aliphatic heterocycles. The van der Waals surface area contributed by atoms with Crippen molar-refractivity contribution in [3.8, 4) is 0 Å². The lowest BCUT2D eigenvalue weighted by atomic mass is 10.0. The van der Waals surface area contributed by atoms with Gasteiger partial charge in [-0.05, 0) is 30.5 Å². The van der Waals surface area contributed by atoms with E-state index in [1.54, 1.807) is 12.4 Å². The summed E-state index contributed by atoms with van der Waals surface area (Å²) in [6.45, 7) is 0.807. The zero-order valence-electron chi connectivity index (χ0n) is 11.4. The number of pyridine rings is 1. The Morgan fingerprint density at radius 3 is 2.75 bits per heavy atom. The van der Waals surface area contributed by atoms with Gasteiger partial charge in [0.15, 0.2) is 0 Å². The van der Waals surface area contributed by atoms with Gasteiger partial charge in [0.2, 0.25) is 15.9 Å². The summed E-state index contributed by atoms with van der Waals surface area (Å²) in [7, 11) is -3.34. The fourth-order valence-electron chi connectivity index (χ4n) is 2.37. The Labute approximate surface area is 119 Å². The summed E-state index contributed by atoms with van der Waals surface area (Å²) in [5.74, 6) is -0.230. The number of rotatable bonds is 4. The van der Waals surface area contributed by atoms with E-state index in [0.717, 1.165) is 24.7 Å². The van der Waals surface area contributed by atoms with Crippen LogP contribution in [0.25, 0.3) is 0 Å². The van der Waals surface area contributed by atoms with E-state index in [2.05, 4.69) is 10.3 Å². The third kappa shape index (κ3) is 3.77. The second-order valence-corrected chi connectivity index (χ2v) is 6.89. The number of nitrogens with one attached hydrogen (secondary N) is 1. The smallest absolute Gasteiger partial charge is 0.238 e. The average Bonchev–Trinajstić information content (AvgIpc) is 2.45. The minimum Gasteiger partial charge on any atom is -0.351 e. The minimum absolute atomic E-state index is 0.230. The Morgan fingerprint density at radius 2 is 2.10 bits per heavy atom. The van der Waals surface area contributed by atoms with Crippen LogP contribution in [0.1, 0.15) is 24.8 Å². The molecule has 6 nitrogen and oxygen atoms in total. The summed E-state index contributed by atoms with van der Waals surface area (Å²) >= 11 is 0. The van der Waals surface area contributed by atoms with Crippen molar-refractivity contribution >= 4 is 15.9 Å². The predicted octanol–water partition coefficient (Wildman–Crippen LogP) is 0.512. The number of nitrogens with zero attached hydrogens (tertiary/aromatic N) is 2. The molecule has 1 unspecified atom stereocenters. The van der Waals surface area contributed by atoms with Crippen molar-refractivity contribution in [2.45, 2.75) is 31.8 Å². The normalized spacial score (nSPS) is 20.6. The number of amides is 1. The Hall–Kier alpha value is -1.47. The highest BCUT2D eigenvalue weighted by Gasteiger charge is 2.34. The first kappa shape index (κ1) is 14.9. The molecule has 1 aromatic rings. The number of piperidine rings is 1. The molecule has 0 aliphatic carbocycles. The van der Waals surface area contributed by atoms with Crippen LogP contribution in [0.2, 0.25) is 0 Å². The Morgan fingerprint density at radius 1 is 1.40 bits per heavy atom. The fourth-order valence-corrected chi connectivity index (χ4v) is 3.50. The Balaban J connectivity index is 2.00. The molecule has 1 N–H and O–H groups in total. The van der Waals surface area contributed by atoms with E-state index in [0.29, 0.717) is 19.5 Å². The van der Waals surface area contributed by atoms with Crippen molar-refractivity contribution in [1.82, 2.24) is 14.6 Å². The van der Waals surface area contributed by atoms with E-state index in [4.69, 9.17) is 0 Å². The summed E-state index contributed by atoms with van der Waals surface area (Å²) < 4.78 is 24.7. The minimum atomic E-state index is -3.34. The van der Waals surface area contributed by atoms with E-state index >= 15 is 0 Å². The van der Waals surface area contributed by atoms with Crippen molar-refractivity contribution in [3.05, 3.63) is 30.1 Å². The highest BCUT2D eigenvalue weighted by atomic mass is 32.2. The van der Waals surface area contributed by atoms with Gasteiger partial charge in [0.1, 0.15) is 6.04 Å². The van der Waals surface area contributed by atoms with Crippen LogP contribution in [-0.2, 0) is 21.4 Å². The third-order valence-electron chi connectivity index (χ3n) is 3.40. The van der Waals surface area contributed by atoms with Gasteiger partial charge in [-0.3, -0.25) is 9.78 Å². The quantitative estimate of drug-likeness (QED) is 0.878. The molecule has 1 aromatic heterocycles. The lowest BCUT2D eigenvalue weighted by Crippen LogP contribution is -2.51. The molecule has 1 atom stereocenters. The fraction of sp³-hybridized carbons (Fsp3) is 0.538. The van der Waals surface area contributed by atoms with Crippen LogP contribution in [0.15, 0.2) is 24.5 Å². The van der Waals surface area contributed by atoms with Crippen molar-refractivity contribution < 1.29 is 13.2 Å². The maximum atomic E-state index is 12.2. The van der Waals surface area contributed by atoms with Gasteiger partial charge in [0, 0.05) is 25.5 Å². The van der Waals surface area contributed by atoms with Gasteiger partial charge in [-0.15, -0.1) is 0 Å². The van der Waals surface area contributed by atoms with E-state index in [-0.39, 0.29) is 5.91 Å². The van der Waals surface area contributed by atoms with Gasteiger partial charge in [0.05, 0.1) is 6.26 Å². The zero-order chi connectivity index (χ0) is 14.6. The van der Waals surface area contributed by atoms with E-state index in [1.807, 2.05) is 12.1 Å². The molecule has 7 heteroatoms. The summed E-state index contributed by atoms with van der Waals surface area (Å²) in [6.07, 6.45) is 6.73. The van der Waals surface area contributed by atoms with Crippen LogP contribution in [0.5, 0.6) is 0 Å². The monoisotopic (exact) mass is 297 g/mol. The summed E-state index contributed by atoms with van der Waals surface area (Å²) in [5, 5.41) is 2.80. The predicted molar refractivity (Wildman–Crippen MR) is 75.3 cm³/mol. The van der Waals surface area contributed by atoms with Crippen LogP contribution >= 0.6 is 0 Å². The Kier molecular flexibility index (Phi) is 4.72. The second-order valence-electron chi connectivity index (χ2n) is 4.96. The van der Waals surface area contributed by atoms with Gasteiger partial charge in [-0.1, -0.05) is 6.42 Å². The number of hydrogen-bond acceptors (Lipinski definition) is 4. The largest absolute Gasteiger partial charge is 0.351 e. The molecule has 1 fully saturated rings. The summed E-state index contributed by atoms with van der Waals surface area (Å²) in [5.41, 5.74) is 0.940. The molecule has 1 amide bonds. The van der Waals surface area contributed by atoms with E-state index < -0.39 is 16.1 Å². The van der Waals surface area contributed by atoms with Gasteiger partial charge >= 0.3 is 0 Å². The van der Waals surface area contributed by atoms with Crippen LogP contribution < -0.4 is 5.32 Å².